The lowest BCUT2D eigenvalue weighted by Crippen LogP contribution is -2.32. The zero-order valence-electron chi connectivity index (χ0n) is 10.9. The van der Waals surface area contributed by atoms with Gasteiger partial charge in [0, 0.05) is 18.8 Å². The molecule has 0 aliphatic carbocycles. The van der Waals surface area contributed by atoms with Crippen LogP contribution in [0.3, 0.4) is 0 Å². The Hall–Kier alpha value is -1.49. The molecule has 2 rings (SSSR count). The first-order valence-corrected chi connectivity index (χ1v) is 7.27. The molecule has 0 amide bonds. The highest BCUT2D eigenvalue weighted by Gasteiger charge is 2.15. The van der Waals surface area contributed by atoms with E-state index in [4.69, 9.17) is 5.73 Å². The Labute approximate surface area is 112 Å². The second-order valence-electron chi connectivity index (χ2n) is 4.34. The molecule has 1 aromatic carbocycles. The summed E-state index contributed by atoms with van der Waals surface area (Å²) in [5.41, 5.74) is 7.72. The van der Waals surface area contributed by atoms with Crippen LogP contribution in [-0.2, 0) is 0 Å². The zero-order chi connectivity index (χ0) is 13.1. The molecule has 1 unspecified atom stereocenters. The lowest BCUT2D eigenvalue weighted by Gasteiger charge is -2.26. The molecule has 1 atom stereocenters. The van der Waals surface area contributed by atoms with Crippen LogP contribution in [0.15, 0.2) is 24.3 Å². The fourth-order valence-corrected chi connectivity index (χ4v) is 2.53. The highest BCUT2D eigenvalue weighted by atomic mass is 32.2. The van der Waals surface area contributed by atoms with E-state index in [-0.39, 0.29) is 0 Å². The summed E-state index contributed by atoms with van der Waals surface area (Å²) in [6.07, 6.45) is 2.10. The van der Waals surface area contributed by atoms with E-state index >= 15 is 0 Å². The number of nitrogen functional groups attached to an aromatic ring is 1. The molecule has 0 spiro atoms. The second-order valence-corrected chi connectivity index (χ2v) is 5.25. The van der Waals surface area contributed by atoms with Gasteiger partial charge in [0.2, 0.25) is 0 Å². The number of benzene rings is 1. The molecule has 1 heterocycles. The van der Waals surface area contributed by atoms with E-state index in [1.54, 1.807) is 0 Å². The maximum Gasteiger partial charge on any atom is 0.172 e. The lowest BCUT2D eigenvalue weighted by atomic mass is 10.3. The zero-order valence-corrected chi connectivity index (χ0v) is 11.7. The van der Waals surface area contributed by atoms with Crippen LogP contribution >= 0.6 is 11.8 Å². The van der Waals surface area contributed by atoms with Crippen molar-refractivity contribution in [2.24, 2.45) is 0 Å². The molecule has 0 fully saturated rings. The summed E-state index contributed by atoms with van der Waals surface area (Å²) in [7, 11) is 2.01. The molecule has 2 N–H and O–H groups in total. The average molecular weight is 262 g/mol. The predicted molar refractivity (Wildman–Crippen MR) is 80.2 cm³/mol. The third-order valence-electron chi connectivity index (χ3n) is 2.98. The van der Waals surface area contributed by atoms with Gasteiger partial charge in [-0.3, -0.25) is 0 Å². The van der Waals surface area contributed by atoms with E-state index in [0.717, 1.165) is 22.6 Å². The van der Waals surface area contributed by atoms with Crippen molar-refractivity contribution < 1.29 is 0 Å². The standard InChI is InChI=1S/C13H18N4S/c1-9(8-18-3)17(2)13-12(14)15-10-6-4-5-7-11(10)16-13/h4-7,9H,8H2,1-3H3,(H2,14,15). The van der Waals surface area contributed by atoms with E-state index in [9.17, 15) is 0 Å². The maximum atomic E-state index is 6.00. The van der Waals surface area contributed by atoms with Crippen molar-refractivity contribution in [1.82, 2.24) is 9.97 Å². The number of nitrogens with two attached hydrogens (primary N) is 1. The van der Waals surface area contributed by atoms with Crippen LogP contribution in [0.5, 0.6) is 0 Å². The van der Waals surface area contributed by atoms with Gasteiger partial charge in [0.15, 0.2) is 11.6 Å². The van der Waals surface area contributed by atoms with Crippen LogP contribution in [0.25, 0.3) is 11.0 Å². The molecule has 0 saturated carbocycles. The molecular formula is C13H18N4S. The van der Waals surface area contributed by atoms with Crippen molar-refractivity contribution in [2.45, 2.75) is 13.0 Å². The summed E-state index contributed by atoms with van der Waals surface area (Å²) in [6.45, 7) is 2.16. The van der Waals surface area contributed by atoms with Crippen LogP contribution in [0.4, 0.5) is 11.6 Å². The number of hydrogen-bond acceptors (Lipinski definition) is 5. The van der Waals surface area contributed by atoms with E-state index in [0.29, 0.717) is 11.9 Å². The molecule has 96 valence electrons. The number of para-hydroxylation sites is 2. The van der Waals surface area contributed by atoms with E-state index in [1.807, 2.05) is 43.1 Å². The molecular weight excluding hydrogens is 244 g/mol. The van der Waals surface area contributed by atoms with Crippen molar-refractivity contribution in [3.8, 4) is 0 Å². The normalized spacial score (nSPS) is 12.6. The van der Waals surface area contributed by atoms with E-state index in [1.165, 1.54) is 0 Å². The van der Waals surface area contributed by atoms with Gasteiger partial charge in [-0.25, -0.2) is 9.97 Å². The minimum absolute atomic E-state index is 0.373. The fourth-order valence-electron chi connectivity index (χ4n) is 1.83. The number of anilines is 2. The van der Waals surface area contributed by atoms with Crippen molar-refractivity contribution in [1.29, 1.82) is 0 Å². The summed E-state index contributed by atoms with van der Waals surface area (Å²) in [6, 6.07) is 8.16. The molecule has 1 aromatic heterocycles. The van der Waals surface area contributed by atoms with Crippen molar-refractivity contribution >= 4 is 34.4 Å². The minimum Gasteiger partial charge on any atom is -0.381 e. The smallest absolute Gasteiger partial charge is 0.172 e. The Bertz CT molecular complexity index is 544. The molecule has 0 radical (unpaired) electrons. The Morgan fingerprint density at radius 2 is 1.89 bits per heavy atom. The maximum absolute atomic E-state index is 6.00. The summed E-state index contributed by atoms with van der Waals surface area (Å²) >= 11 is 1.81. The topological polar surface area (TPSA) is 55.0 Å². The Kier molecular flexibility index (Phi) is 3.91. The Morgan fingerprint density at radius 1 is 1.28 bits per heavy atom. The number of rotatable bonds is 4. The molecule has 0 bridgehead atoms. The molecule has 0 aliphatic heterocycles. The Morgan fingerprint density at radius 3 is 2.50 bits per heavy atom. The van der Waals surface area contributed by atoms with Gasteiger partial charge in [-0.2, -0.15) is 11.8 Å². The fraction of sp³-hybridized carbons (Fsp3) is 0.385. The SMILES string of the molecule is CSCC(C)N(C)c1nc2ccccc2nc1N. The minimum atomic E-state index is 0.373. The van der Waals surface area contributed by atoms with Crippen LogP contribution < -0.4 is 10.6 Å². The van der Waals surface area contributed by atoms with Gasteiger partial charge in [0.25, 0.3) is 0 Å². The molecule has 0 saturated heterocycles. The molecule has 5 heteroatoms. The average Bonchev–Trinajstić information content (AvgIpc) is 2.37. The summed E-state index contributed by atoms with van der Waals surface area (Å²) in [5, 5.41) is 0. The highest BCUT2D eigenvalue weighted by Crippen LogP contribution is 2.23. The van der Waals surface area contributed by atoms with Gasteiger partial charge in [0.05, 0.1) is 11.0 Å². The van der Waals surface area contributed by atoms with Gasteiger partial charge >= 0.3 is 0 Å². The molecule has 2 aromatic rings. The Balaban J connectivity index is 2.41. The second kappa shape index (κ2) is 5.44. The van der Waals surface area contributed by atoms with Gasteiger partial charge in [-0.15, -0.1) is 0 Å². The monoisotopic (exact) mass is 262 g/mol. The lowest BCUT2D eigenvalue weighted by molar-refractivity contribution is 0.755. The van der Waals surface area contributed by atoms with Crippen LogP contribution in [0.2, 0.25) is 0 Å². The number of nitrogens with zero attached hydrogens (tertiary/aromatic N) is 3. The first kappa shape index (κ1) is 13.0. The van der Waals surface area contributed by atoms with Crippen LogP contribution in [-0.4, -0.2) is 35.1 Å². The third kappa shape index (κ3) is 2.51. The third-order valence-corrected chi connectivity index (χ3v) is 3.80. The highest BCUT2D eigenvalue weighted by molar-refractivity contribution is 7.98. The van der Waals surface area contributed by atoms with Crippen LogP contribution in [0, 0.1) is 0 Å². The molecule has 0 aliphatic rings. The summed E-state index contributed by atoms with van der Waals surface area (Å²) in [4.78, 5) is 11.1. The van der Waals surface area contributed by atoms with E-state index in [2.05, 4.69) is 28.0 Å². The van der Waals surface area contributed by atoms with Crippen molar-refractivity contribution in [3.05, 3.63) is 24.3 Å². The summed E-state index contributed by atoms with van der Waals surface area (Å²) < 4.78 is 0. The number of thioether (sulfide) groups is 1. The first-order valence-electron chi connectivity index (χ1n) is 5.87. The molecule has 18 heavy (non-hydrogen) atoms. The quantitative estimate of drug-likeness (QED) is 0.917. The number of aromatic nitrogens is 2. The van der Waals surface area contributed by atoms with E-state index < -0.39 is 0 Å². The van der Waals surface area contributed by atoms with Crippen LogP contribution in [0.1, 0.15) is 6.92 Å². The van der Waals surface area contributed by atoms with Gasteiger partial charge in [0.1, 0.15) is 0 Å². The summed E-state index contributed by atoms with van der Waals surface area (Å²) in [5.74, 6) is 2.28. The first-order chi connectivity index (χ1) is 8.63. The van der Waals surface area contributed by atoms with Gasteiger partial charge in [-0.1, -0.05) is 12.1 Å². The molecule has 4 nitrogen and oxygen atoms in total. The number of hydrogen-bond donors (Lipinski definition) is 1. The number of fused-ring (bicyclic) bond motifs is 1. The van der Waals surface area contributed by atoms with Crippen molar-refractivity contribution in [2.75, 3.05) is 29.7 Å². The van der Waals surface area contributed by atoms with Gasteiger partial charge in [-0.05, 0) is 25.3 Å². The predicted octanol–water partition coefficient (Wildman–Crippen LogP) is 2.40. The largest absolute Gasteiger partial charge is 0.381 e. The van der Waals surface area contributed by atoms with Crippen molar-refractivity contribution in [3.63, 3.8) is 0 Å². The van der Waals surface area contributed by atoms with Gasteiger partial charge < -0.3 is 10.6 Å².